The predicted octanol–water partition coefficient (Wildman–Crippen LogP) is 3.79. The molecule has 3 rings (SSSR count). The molecule has 6 heteroatoms. The Kier molecular flexibility index (Phi) is 7.30. The van der Waals surface area contributed by atoms with Crippen LogP contribution in [0, 0.1) is 25.7 Å². The third kappa shape index (κ3) is 5.67. The lowest BCUT2D eigenvalue weighted by Gasteiger charge is -2.32. The van der Waals surface area contributed by atoms with E-state index in [0.29, 0.717) is 18.3 Å². The molecule has 1 N–H and O–H groups in total. The van der Waals surface area contributed by atoms with Gasteiger partial charge in [0.15, 0.2) is 0 Å². The number of rotatable bonds is 8. The van der Waals surface area contributed by atoms with Crippen molar-refractivity contribution in [3.8, 4) is 0 Å². The molecule has 0 saturated carbocycles. The Balaban J connectivity index is 1.48. The van der Waals surface area contributed by atoms with Gasteiger partial charge in [-0.05, 0) is 56.5 Å². The Morgan fingerprint density at radius 1 is 1.39 bits per heavy atom. The molecular weight excluding hydrogens is 368 g/mol. The Morgan fingerprint density at radius 3 is 2.93 bits per heavy atom. The second-order valence-corrected chi connectivity index (χ2v) is 9.56. The van der Waals surface area contributed by atoms with Crippen molar-refractivity contribution < 1.29 is 4.79 Å². The SMILES string of the molecule is Cc1nn(CC(C)C)c(C)c1CC(=O)NCC1CCCN(Cc2cccs2)C1. The molecule has 1 aliphatic rings. The van der Waals surface area contributed by atoms with Crippen LogP contribution in [0.1, 0.15) is 48.5 Å². The van der Waals surface area contributed by atoms with Crippen LogP contribution in [-0.2, 0) is 24.3 Å². The summed E-state index contributed by atoms with van der Waals surface area (Å²) < 4.78 is 2.05. The number of piperidine rings is 1. The van der Waals surface area contributed by atoms with Crippen molar-refractivity contribution in [2.24, 2.45) is 11.8 Å². The minimum atomic E-state index is 0.116. The highest BCUT2D eigenvalue weighted by Gasteiger charge is 2.21. The van der Waals surface area contributed by atoms with E-state index in [9.17, 15) is 4.79 Å². The Morgan fingerprint density at radius 2 is 2.21 bits per heavy atom. The van der Waals surface area contributed by atoms with Crippen molar-refractivity contribution in [1.82, 2.24) is 20.0 Å². The maximum absolute atomic E-state index is 12.6. The highest BCUT2D eigenvalue weighted by atomic mass is 32.1. The van der Waals surface area contributed by atoms with Crippen LogP contribution in [0.5, 0.6) is 0 Å². The molecule has 28 heavy (non-hydrogen) atoms. The predicted molar refractivity (Wildman–Crippen MR) is 116 cm³/mol. The van der Waals surface area contributed by atoms with Gasteiger partial charge >= 0.3 is 0 Å². The van der Waals surface area contributed by atoms with Gasteiger partial charge in [-0.2, -0.15) is 5.10 Å². The first-order chi connectivity index (χ1) is 13.4. The summed E-state index contributed by atoms with van der Waals surface area (Å²) in [5, 5.41) is 9.96. The van der Waals surface area contributed by atoms with E-state index < -0.39 is 0 Å². The number of nitrogens with zero attached hydrogens (tertiary/aromatic N) is 3. The van der Waals surface area contributed by atoms with Crippen molar-refractivity contribution in [3.63, 3.8) is 0 Å². The normalized spacial score (nSPS) is 18.0. The third-order valence-corrected chi connectivity index (χ3v) is 6.42. The topological polar surface area (TPSA) is 50.2 Å². The second-order valence-electron chi connectivity index (χ2n) is 8.53. The zero-order valence-electron chi connectivity index (χ0n) is 17.7. The number of hydrogen-bond donors (Lipinski definition) is 1. The van der Waals surface area contributed by atoms with Gasteiger partial charge in [-0.25, -0.2) is 0 Å². The van der Waals surface area contributed by atoms with Crippen molar-refractivity contribution in [1.29, 1.82) is 0 Å². The molecule has 1 unspecified atom stereocenters. The van der Waals surface area contributed by atoms with Gasteiger partial charge in [0, 0.05) is 42.3 Å². The first kappa shape index (κ1) is 21.1. The van der Waals surface area contributed by atoms with Crippen LogP contribution < -0.4 is 5.32 Å². The molecule has 3 heterocycles. The molecule has 0 spiro atoms. The highest BCUT2D eigenvalue weighted by molar-refractivity contribution is 7.09. The number of aromatic nitrogens is 2. The lowest BCUT2D eigenvalue weighted by Crippen LogP contribution is -2.40. The van der Waals surface area contributed by atoms with Crippen molar-refractivity contribution in [2.75, 3.05) is 19.6 Å². The fourth-order valence-electron chi connectivity index (χ4n) is 4.08. The molecule has 5 nitrogen and oxygen atoms in total. The van der Waals surface area contributed by atoms with Crippen LogP contribution in [0.25, 0.3) is 0 Å². The van der Waals surface area contributed by atoms with Crippen LogP contribution >= 0.6 is 11.3 Å². The van der Waals surface area contributed by atoms with E-state index in [1.54, 1.807) is 0 Å². The van der Waals surface area contributed by atoms with Gasteiger partial charge in [0.1, 0.15) is 0 Å². The van der Waals surface area contributed by atoms with Crippen LogP contribution in [0.4, 0.5) is 0 Å². The van der Waals surface area contributed by atoms with E-state index in [1.807, 2.05) is 22.9 Å². The van der Waals surface area contributed by atoms with E-state index in [0.717, 1.165) is 49.7 Å². The molecule has 0 aromatic carbocycles. The number of likely N-dealkylation sites (tertiary alicyclic amines) is 1. The van der Waals surface area contributed by atoms with Crippen molar-refractivity contribution in [2.45, 2.75) is 60.0 Å². The first-order valence-corrected chi connectivity index (χ1v) is 11.3. The molecule has 0 bridgehead atoms. The summed E-state index contributed by atoms with van der Waals surface area (Å²) >= 11 is 1.83. The number of carbonyl (C=O) groups is 1. The molecule has 1 saturated heterocycles. The molecular formula is C22H34N4OS. The molecule has 2 aromatic rings. The van der Waals surface area contributed by atoms with Crippen LogP contribution in [0.3, 0.4) is 0 Å². The maximum atomic E-state index is 12.6. The summed E-state index contributed by atoms with van der Waals surface area (Å²) in [6, 6.07) is 4.33. The third-order valence-electron chi connectivity index (χ3n) is 5.56. The monoisotopic (exact) mass is 402 g/mol. The van der Waals surface area contributed by atoms with Crippen molar-refractivity contribution in [3.05, 3.63) is 39.3 Å². The lowest BCUT2D eigenvalue weighted by molar-refractivity contribution is -0.120. The van der Waals surface area contributed by atoms with Gasteiger partial charge in [-0.3, -0.25) is 14.4 Å². The lowest BCUT2D eigenvalue weighted by atomic mass is 9.97. The van der Waals surface area contributed by atoms with Crippen LogP contribution in [-0.4, -0.2) is 40.2 Å². The van der Waals surface area contributed by atoms with Gasteiger partial charge in [0.05, 0.1) is 12.1 Å². The van der Waals surface area contributed by atoms with Gasteiger partial charge in [0.2, 0.25) is 5.91 Å². The maximum Gasteiger partial charge on any atom is 0.224 e. The van der Waals surface area contributed by atoms with Crippen LogP contribution in [0.15, 0.2) is 17.5 Å². The average Bonchev–Trinajstić information content (AvgIpc) is 3.24. The number of amides is 1. The Bertz CT molecular complexity index is 766. The smallest absolute Gasteiger partial charge is 0.224 e. The second kappa shape index (κ2) is 9.70. The zero-order chi connectivity index (χ0) is 20.1. The van der Waals surface area contributed by atoms with E-state index in [1.165, 1.54) is 17.7 Å². The summed E-state index contributed by atoms with van der Waals surface area (Å²) in [4.78, 5) is 16.5. The molecule has 1 amide bonds. The molecule has 154 valence electrons. The number of nitrogens with one attached hydrogen (secondary N) is 1. The van der Waals surface area contributed by atoms with E-state index in [-0.39, 0.29) is 5.91 Å². The number of thiophene rings is 1. The fourth-order valence-corrected chi connectivity index (χ4v) is 4.83. The number of carbonyl (C=O) groups excluding carboxylic acids is 1. The summed E-state index contributed by atoms with van der Waals surface area (Å²) in [7, 11) is 0. The molecule has 2 aromatic heterocycles. The highest BCUT2D eigenvalue weighted by Crippen LogP contribution is 2.20. The van der Waals surface area contributed by atoms with Crippen LogP contribution in [0.2, 0.25) is 0 Å². The summed E-state index contributed by atoms with van der Waals surface area (Å²) in [6.07, 6.45) is 2.85. The minimum absolute atomic E-state index is 0.116. The quantitative estimate of drug-likeness (QED) is 0.731. The zero-order valence-corrected chi connectivity index (χ0v) is 18.5. The minimum Gasteiger partial charge on any atom is -0.355 e. The van der Waals surface area contributed by atoms with E-state index >= 15 is 0 Å². The molecule has 1 atom stereocenters. The summed E-state index contributed by atoms with van der Waals surface area (Å²) in [6.45, 7) is 13.4. The number of hydrogen-bond acceptors (Lipinski definition) is 4. The molecule has 0 aliphatic carbocycles. The largest absolute Gasteiger partial charge is 0.355 e. The number of aryl methyl sites for hydroxylation is 1. The molecule has 0 radical (unpaired) electrons. The van der Waals surface area contributed by atoms with E-state index in [4.69, 9.17) is 0 Å². The van der Waals surface area contributed by atoms with Gasteiger partial charge in [-0.1, -0.05) is 19.9 Å². The Labute approximate surface area is 173 Å². The van der Waals surface area contributed by atoms with E-state index in [2.05, 4.69) is 53.6 Å². The summed E-state index contributed by atoms with van der Waals surface area (Å²) in [5.74, 6) is 1.21. The standard InChI is InChI=1S/C22H34N4OS/c1-16(2)13-26-18(4)21(17(3)24-26)11-22(27)23-12-19-7-5-9-25(14-19)15-20-8-6-10-28-20/h6,8,10,16,19H,5,7,9,11-15H2,1-4H3,(H,23,27). The first-order valence-electron chi connectivity index (χ1n) is 10.5. The van der Waals surface area contributed by atoms with Gasteiger partial charge < -0.3 is 5.32 Å². The molecule has 1 fully saturated rings. The van der Waals surface area contributed by atoms with Gasteiger partial charge in [0.25, 0.3) is 0 Å². The van der Waals surface area contributed by atoms with Crippen molar-refractivity contribution >= 4 is 17.2 Å². The average molecular weight is 403 g/mol. The Hall–Kier alpha value is -1.66. The van der Waals surface area contributed by atoms with Gasteiger partial charge in [-0.15, -0.1) is 11.3 Å². The summed E-state index contributed by atoms with van der Waals surface area (Å²) in [5.41, 5.74) is 3.19. The molecule has 1 aliphatic heterocycles. The fraction of sp³-hybridized carbons (Fsp3) is 0.636.